The van der Waals surface area contributed by atoms with Gasteiger partial charge in [-0.15, -0.1) is 0 Å². The number of aliphatic imine (C=N–C) groups is 1. The summed E-state index contributed by atoms with van der Waals surface area (Å²) in [4.78, 5) is 8.38. The number of aryl methyl sites for hydroxylation is 1. The van der Waals surface area contributed by atoms with E-state index in [0.29, 0.717) is 17.1 Å². The molecule has 0 radical (unpaired) electrons. The summed E-state index contributed by atoms with van der Waals surface area (Å²) >= 11 is 0. The first-order chi connectivity index (χ1) is 13.0. The molecule has 0 saturated carbocycles. The summed E-state index contributed by atoms with van der Waals surface area (Å²) in [5, 5.41) is 1.66. The predicted octanol–water partition coefficient (Wildman–Crippen LogP) is 2.07. The quantitative estimate of drug-likeness (QED) is 0.649. The lowest BCUT2D eigenvalue weighted by Crippen LogP contribution is -2.53. The lowest BCUT2D eigenvalue weighted by molar-refractivity contribution is 0.387. The van der Waals surface area contributed by atoms with E-state index in [1.807, 2.05) is 43.3 Å². The summed E-state index contributed by atoms with van der Waals surface area (Å²) < 4.78 is 10.9. The van der Waals surface area contributed by atoms with Crippen LogP contribution in [0.1, 0.15) is 11.1 Å². The number of anilines is 1. The summed E-state index contributed by atoms with van der Waals surface area (Å²) in [7, 11) is 1.58. The van der Waals surface area contributed by atoms with Crippen LogP contribution in [-0.4, -0.2) is 18.1 Å². The molecule has 0 spiro atoms. The van der Waals surface area contributed by atoms with Crippen molar-refractivity contribution in [1.82, 2.24) is 10.4 Å². The van der Waals surface area contributed by atoms with Gasteiger partial charge in [0.05, 0.1) is 24.6 Å². The molecule has 5 N–H and O–H groups in total. The highest BCUT2D eigenvalue weighted by molar-refractivity contribution is 5.96. The zero-order chi connectivity index (χ0) is 19.0. The second kappa shape index (κ2) is 6.42. The molecule has 0 amide bonds. The highest BCUT2D eigenvalue weighted by atomic mass is 16.5. The van der Waals surface area contributed by atoms with Crippen LogP contribution in [0.5, 0.6) is 5.75 Å². The average molecular weight is 364 g/mol. The standard InChI is InChI=1S/C19H20N6O2/c1-12-3-6-14(7-4-12)25-18(20)23-19(21,24-25)13-5-8-15(16(9-13)26-2)17-10-22-11-27-17/h3-11,24H,21H2,1-2H3,(H2,20,23). The van der Waals surface area contributed by atoms with Crippen molar-refractivity contribution in [3.8, 4) is 17.1 Å². The molecule has 2 aromatic carbocycles. The van der Waals surface area contributed by atoms with Crippen molar-refractivity contribution in [2.24, 2.45) is 16.5 Å². The topological polar surface area (TPSA) is 115 Å². The van der Waals surface area contributed by atoms with Crippen LogP contribution >= 0.6 is 0 Å². The van der Waals surface area contributed by atoms with Crippen LogP contribution in [-0.2, 0) is 5.79 Å². The Kier molecular flexibility index (Phi) is 4.06. The Morgan fingerprint density at radius 2 is 1.96 bits per heavy atom. The minimum Gasteiger partial charge on any atom is -0.496 e. The molecule has 0 saturated heterocycles. The fraction of sp³-hybridized carbons (Fsp3) is 0.158. The van der Waals surface area contributed by atoms with E-state index in [1.54, 1.807) is 24.4 Å². The number of benzene rings is 2. The van der Waals surface area contributed by atoms with Crippen molar-refractivity contribution in [1.29, 1.82) is 0 Å². The van der Waals surface area contributed by atoms with Crippen molar-refractivity contribution in [3.63, 3.8) is 0 Å². The van der Waals surface area contributed by atoms with Crippen molar-refractivity contribution in [3.05, 3.63) is 66.2 Å². The number of nitrogens with zero attached hydrogens (tertiary/aromatic N) is 3. The van der Waals surface area contributed by atoms with Crippen LogP contribution in [0, 0.1) is 6.92 Å². The van der Waals surface area contributed by atoms with E-state index in [9.17, 15) is 0 Å². The first-order valence-electron chi connectivity index (χ1n) is 8.36. The molecule has 0 bridgehead atoms. The third kappa shape index (κ3) is 3.01. The Bertz CT molecular complexity index is 984. The number of nitrogens with one attached hydrogen (secondary N) is 1. The first kappa shape index (κ1) is 17.1. The van der Waals surface area contributed by atoms with Crippen LogP contribution in [0.4, 0.5) is 5.69 Å². The first-order valence-corrected chi connectivity index (χ1v) is 8.36. The van der Waals surface area contributed by atoms with Crippen molar-refractivity contribution in [2.75, 3.05) is 12.1 Å². The summed E-state index contributed by atoms with van der Waals surface area (Å²) in [5.41, 5.74) is 19.3. The Hall–Kier alpha value is -3.36. The third-order valence-corrected chi connectivity index (χ3v) is 4.43. The maximum atomic E-state index is 6.51. The maximum absolute atomic E-state index is 6.51. The Labute approximate surface area is 156 Å². The molecule has 0 aliphatic carbocycles. The molecule has 1 unspecified atom stereocenters. The largest absolute Gasteiger partial charge is 0.496 e. The molecular weight excluding hydrogens is 344 g/mol. The normalized spacial score (nSPS) is 19.2. The predicted molar refractivity (Wildman–Crippen MR) is 103 cm³/mol. The lowest BCUT2D eigenvalue weighted by atomic mass is 10.0. The summed E-state index contributed by atoms with van der Waals surface area (Å²) in [6, 6.07) is 13.4. The number of nitrogens with two attached hydrogens (primary N) is 2. The van der Waals surface area contributed by atoms with Crippen molar-refractivity contribution >= 4 is 11.6 Å². The number of aromatic nitrogens is 1. The van der Waals surface area contributed by atoms with Gasteiger partial charge in [0.25, 0.3) is 0 Å². The van der Waals surface area contributed by atoms with Gasteiger partial charge in [-0.05, 0) is 31.2 Å². The number of hydrogen-bond donors (Lipinski definition) is 3. The molecule has 27 heavy (non-hydrogen) atoms. The Morgan fingerprint density at radius 3 is 2.63 bits per heavy atom. The van der Waals surface area contributed by atoms with E-state index in [1.165, 1.54) is 6.39 Å². The molecule has 1 aliphatic heterocycles. The van der Waals surface area contributed by atoms with Crippen LogP contribution in [0.2, 0.25) is 0 Å². The van der Waals surface area contributed by atoms with Gasteiger partial charge in [-0.2, -0.15) is 5.43 Å². The molecule has 1 aliphatic rings. The molecule has 138 valence electrons. The molecule has 8 heteroatoms. The van der Waals surface area contributed by atoms with E-state index in [-0.39, 0.29) is 5.96 Å². The van der Waals surface area contributed by atoms with E-state index in [2.05, 4.69) is 15.4 Å². The van der Waals surface area contributed by atoms with E-state index in [0.717, 1.165) is 16.8 Å². The number of methoxy groups -OCH3 is 1. The Morgan fingerprint density at radius 1 is 1.19 bits per heavy atom. The van der Waals surface area contributed by atoms with E-state index < -0.39 is 5.79 Å². The minimum atomic E-state index is -1.22. The van der Waals surface area contributed by atoms with Gasteiger partial charge in [0.1, 0.15) is 5.75 Å². The molecule has 1 aromatic heterocycles. The second-order valence-corrected chi connectivity index (χ2v) is 6.30. The zero-order valence-electron chi connectivity index (χ0n) is 15.0. The number of rotatable bonds is 4. The van der Waals surface area contributed by atoms with Gasteiger partial charge in [-0.3, -0.25) is 5.73 Å². The van der Waals surface area contributed by atoms with Gasteiger partial charge in [-0.1, -0.05) is 23.8 Å². The highest BCUT2D eigenvalue weighted by Crippen LogP contribution is 2.34. The van der Waals surface area contributed by atoms with Gasteiger partial charge in [0.2, 0.25) is 11.7 Å². The monoisotopic (exact) mass is 364 g/mol. The number of hydrogen-bond acceptors (Lipinski definition) is 8. The average Bonchev–Trinajstić information content (AvgIpc) is 3.30. The molecule has 1 atom stereocenters. The summed E-state index contributed by atoms with van der Waals surface area (Å²) in [6.45, 7) is 2.02. The number of guanidine groups is 1. The van der Waals surface area contributed by atoms with Gasteiger partial charge in [0, 0.05) is 5.56 Å². The van der Waals surface area contributed by atoms with Crippen LogP contribution in [0.25, 0.3) is 11.3 Å². The van der Waals surface area contributed by atoms with Gasteiger partial charge in [-0.25, -0.2) is 15.0 Å². The lowest BCUT2D eigenvalue weighted by Gasteiger charge is -2.26. The fourth-order valence-corrected chi connectivity index (χ4v) is 2.98. The smallest absolute Gasteiger partial charge is 0.214 e. The van der Waals surface area contributed by atoms with E-state index in [4.69, 9.17) is 20.6 Å². The third-order valence-electron chi connectivity index (χ3n) is 4.43. The van der Waals surface area contributed by atoms with Gasteiger partial charge < -0.3 is 14.9 Å². The molecule has 3 aromatic rings. The number of hydrazine groups is 1. The summed E-state index contributed by atoms with van der Waals surface area (Å²) in [5.74, 6) is 0.258. The van der Waals surface area contributed by atoms with Crippen LogP contribution < -0.4 is 26.6 Å². The fourth-order valence-electron chi connectivity index (χ4n) is 2.98. The molecule has 2 heterocycles. The molecule has 0 fully saturated rings. The number of oxazole rings is 1. The summed E-state index contributed by atoms with van der Waals surface area (Å²) in [6.07, 6.45) is 2.99. The van der Waals surface area contributed by atoms with Gasteiger partial charge >= 0.3 is 0 Å². The molecular formula is C19H20N6O2. The van der Waals surface area contributed by atoms with Gasteiger partial charge in [0.15, 0.2) is 12.2 Å². The zero-order valence-corrected chi connectivity index (χ0v) is 15.0. The Balaban J connectivity index is 1.68. The van der Waals surface area contributed by atoms with Crippen molar-refractivity contribution < 1.29 is 9.15 Å². The van der Waals surface area contributed by atoms with E-state index >= 15 is 0 Å². The SMILES string of the molecule is COc1cc(C2(N)N=C(N)N(c3ccc(C)cc3)N2)ccc1-c1cnco1. The van der Waals surface area contributed by atoms with Crippen LogP contribution in [0.3, 0.4) is 0 Å². The highest BCUT2D eigenvalue weighted by Gasteiger charge is 2.37. The number of ether oxygens (including phenoxy) is 1. The minimum absolute atomic E-state index is 0.277. The second-order valence-electron chi connectivity index (χ2n) is 6.30. The molecule has 4 rings (SSSR count). The molecule has 8 nitrogen and oxygen atoms in total. The maximum Gasteiger partial charge on any atom is 0.214 e. The van der Waals surface area contributed by atoms with Crippen LogP contribution in [0.15, 0.2) is 64.5 Å². The van der Waals surface area contributed by atoms with Crippen molar-refractivity contribution in [2.45, 2.75) is 12.7 Å².